The number of rotatable bonds is 4. The molecule has 3 nitrogen and oxygen atoms in total. The lowest BCUT2D eigenvalue weighted by atomic mass is 9.48. The fraction of sp³-hybridized carbons (Fsp3) is 0.765. The van der Waals surface area contributed by atoms with E-state index in [0.29, 0.717) is 17.6 Å². The Balaban J connectivity index is 1.44. The topological polar surface area (TPSA) is 34.9 Å². The fourth-order valence-corrected chi connectivity index (χ4v) is 5.78. The normalized spacial score (nSPS) is 38.4. The smallest absolute Gasteiger partial charge is 0.137 e. The van der Waals surface area contributed by atoms with Crippen molar-refractivity contribution in [1.82, 2.24) is 9.78 Å². The van der Waals surface area contributed by atoms with Gasteiger partial charge in [-0.15, -0.1) is 0 Å². The lowest BCUT2D eigenvalue weighted by Crippen LogP contribution is -2.47. The maximum Gasteiger partial charge on any atom is 0.137 e. The average molecular weight is 272 g/mol. The maximum atomic E-state index is 12.5. The Kier molecular flexibility index (Phi) is 2.80. The minimum atomic E-state index is 0.383. The van der Waals surface area contributed by atoms with Gasteiger partial charge in [0.05, 0.1) is 6.20 Å². The van der Waals surface area contributed by atoms with Gasteiger partial charge in [-0.1, -0.05) is 0 Å². The van der Waals surface area contributed by atoms with Crippen LogP contribution in [0.2, 0.25) is 0 Å². The third-order valence-electron chi connectivity index (χ3n) is 5.90. The van der Waals surface area contributed by atoms with Crippen molar-refractivity contribution >= 4 is 5.78 Å². The van der Waals surface area contributed by atoms with Crippen LogP contribution in [-0.2, 0) is 18.3 Å². The Hall–Kier alpha value is -1.12. The third kappa shape index (κ3) is 2.21. The molecule has 0 amide bonds. The van der Waals surface area contributed by atoms with Crippen LogP contribution in [0, 0.1) is 23.2 Å². The molecule has 4 aliphatic carbocycles. The highest BCUT2D eigenvalue weighted by molar-refractivity contribution is 5.81. The Morgan fingerprint density at radius 2 is 1.85 bits per heavy atom. The molecule has 0 radical (unpaired) electrons. The summed E-state index contributed by atoms with van der Waals surface area (Å²) in [5.41, 5.74) is 1.45. The second-order valence-electron chi connectivity index (χ2n) is 7.83. The highest BCUT2D eigenvalue weighted by Crippen LogP contribution is 2.61. The van der Waals surface area contributed by atoms with Crippen LogP contribution in [0.5, 0.6) is 0 Å². The number of carbonyl (C=O) groups is 1. The molecule has 0 saturated heterocycles. The molecule has 1 aromatic heterocycles. The van der Waals surface area contributed by atoms with Gasteiger partial charge in [-0.05, 0) is 67.3 Å². The van der Waals surface area contributed by atoms with Gasteiger partial charge in [0, 0.05) is 26.1 Å². The number of carbonyl (C=O) groups excluding carboxylic acids is 1. The van der Waals surface area contributed by atoms with E-state index in [1.54, 1.807) is 4.68 Å². The summed E-state index contributed by atoms with van der Waals surface area (Å²) in [5, 5.41) is 4.16. The van der Waals surface area contributed by atoms with Crippen molar-refractivity contribution in [1.29, 1.82) is 0 Å². The molecule has 1 aromatic rings. The molecule has 0 spiro atoms. The predicted octanol–water partition coefficient (Wildman–Crippen LogP) is 3.14. The van der Waals surface area contributed by atoms with Gasteiger partial charge in [0.15, 0.2) is 0 Å². The van der Waals surface area contributed by atoms with Crippen LogP contribution < -0.4 is 0 Å². The first-order valence-corrected chi connectivity index (χ1v) is 8.09. The summed E-state index contributed by atoms with van der Waals surface area (Å²) in [6.45, 7) is 0. The molecule has 5 rings (SSSR count). The Morgan fingerprint density at radius 3 is 2.35 bits per heavy atom. The first-order valence-electron chi connectivity index (χ1n) is 8.09. The van der Waals surface area contributed by atoms with Gasteiger partial charge < -0.3 is 0 Å². The Bertz CT molecular complexity index is 496. The molecule has 0 unspecified atom stereocenters. The zero-order valence-electron chi connectivity index (χ0n) is 12.3. The molecule has 4 saturated carbocycles. The molecule has 0 aromatic carbocycles. The number of hydrogen-bond acceptors (Lipinski definition) is 2. The average Bonchev–Trinajstić information content (AvgIpc) is 2.71. The predicted molar refractivity (Wildman–Crippen MR) is 77.1 cm³/mol. The van der Waals surface area contributed by atoms with Gasteiger partial charge in [0.2, 0.25) is 0 Å². The molecule has 4 aliphatic rings. The lowest BCUT2D eigenvalue weighted by Gasteiger charge is -2.56. The fourth-order valence-electron chi connectivity index (χ4n) is 5.78. The zero-order chi connectivity index (χ0) is 13.7. The molecule has 3 heteroatoms. The standard InChI is InChI=1S/C17H24N2O/c1-19-11-15(10-18-19)5-16(20)9-17-6-12-2-13(7-17)4-14(3-12)8-17/h10-14H,2-9H2,1H3. The number of nitrogens with zero attached hydrogens (tertiary/aromatic N) is 2. The SMILES string of the molecule is Cn1cc(CC(=O)CC23CC4CC(CC(C4)C2)C3)cn1. The molecule has 0 N–H and O–H groups in total. The summed E-state index contributed by atoms with van der Waals surface area (Å²) in [4.78, 5) is 12.5. The molecule has 20 heavy (non-hydrogen) atoms. The number of ketones is 1. The van der Waals surface area contributed by atoms with Crippen LogP contribution in [0.3, 0.4) is 0 Å². The van der Waals surface area contributed by atoms with E-state index in [2.05, 4.69) is 5.10 Å². The van der Waals surface area contributed by atoms with Gasteiger partial charge in [-0.25, -0.2) is 0 Å². The molecule has 108 valence electrons. The van der Waals surface area contributed by atoms with Crippen molar-refractivity contribution in [2.45, 2.75) is 51.4 Å². The highest BCUT2D eigenvalue weighted by Gasteiger charge is 2.51. The number of hydrogen-bond donors (Lipinski definition) is 0. The minimum Gasteiger partial charge on any atom is -0.299 e. The van der Waals surface area contributed by atoms with Crippen molar-refractivity contribution in [3.8, 4) is 0 Å². The molecule has 0 aliphatic heterocycles. The van der Waals surface area contributed by atoms with Crippen molar-refractivity contribution in [2.75, 3.05) is 0 Å². The van der Waals surface area contributed by atoms with Gasteiger partial charge >= 0.3 is 0 Å². The second-order valence-corrected chi connectivity index (χ2v) is 7.83. The van der Waals surface area contributed by atoms with E-state index in [9.17, 15) is 4.79 Å². The van der Waals surface area contributed by atoms with E-state index in [4.69, 9.17) is 0 Å². The van der Waals surface area contributed by atoms with E-state index in [1.807, 2.05) is 19.4 Å². The van der Waals surface area contributed by atoms with Crippen LogP contribution in [0.1, 0.15) is 50.5 Å². The summed E-state index contributed by atoms with van der Waals surface area (Å²) in [6, 6.07) is 0. The maximum absolute atomic E-state index is 12.5. The molecule has 0 atom stereocenters. The van der Waals surface area contributed by atoms with Crippen LogP contribution in [0.4, 0.5) is 0 Å². The molecular weight excluding hydrogens is 248 g/mol. The first-order chi connectivity index (χ1) is 9.60. The second kappa shape index (κ2) is 4.44. The largest absolute Gasteiger partial charge is 0.299 e. The first kappa shape index (κ1) is 12.6. The molecule has 4 fully saturated rings. The quantitative estimate of drug-likeness (QED) is 0.844. The van der Waals surface area contributed by atoms with E-state index in [0.717, 1.165) is 29.7 Å². The Morgan fingerprint density at radius 1 is 1.25 bits per heavy atom. The van der Waals surface area contributed by atoms with Crippen molar-refractivity contribution in [3.05, 3.63) is 18.0 Å². The monoisotopic (exact) mass is 272 g/mol. The number of Topliss-reactive ketones (excluding diaryl/α,β-unsaturated/α-hetero) is 1. The van der Waals surface area contributed by atoms with Gasteiger partial charge in [-0.2, -0.15) is 5.10 Å². The van der Waals surface area contributed by atoms with E-state index in [-0.39, 0.29) is 0 Å². The van der Waals surface area contributed by atoms with Gasteiger partial charge in [0.25, 0.3) is 0 Å². The lowest BCUT2D eigenvalue weighted by molar-refractivity contribution is -0.126. The van der Waals surface area contributed by atoms with E-state index < -0.39 is 0 Å². The van der Waals surface area contributed by atoms with Crippen LogP contribution in [0.15, 0.2) is 12.4 Å². The molecule has 4 bridgehead atoms. The number of aromatic nitrogens is 2. The van der Waals surface area contributed by atoms with Crippen molar-refractivity contribution < 1.29 is 4.79 Å². The van der Waals surface area contributed by atoms with Crippen molar-refractivity contribution in [3.63, 3.8) is 0 Å². The minimum absolute atomic E-state index is 0.383. The van der Waals surface area contributed by atoms with Crippen LogP contribution in [0.25, 0.3) is 0 Å². The third-order valence-corrected chi connectivity index (χ3v) is 5.90. The highest BCUT2D eigenvalue weighted by atomic mass is 16.1. The van der Waals surface area contributed by atoms with E-state index in [1.165, 1.54) is 38.5 Å². The van der Waals surface area contributed by atoms with Crippen LogP contribution in [-0.4, -0.2) is 15.6 Å². The summed E-state index contributed by atoms with van der Waals surface area (Å²) < 4.78 is 1.79. The number of aryl methyl sites for hydroxylation is 1. The van der Waals surface area contributed by atoms with E-state index >= 15 is 0 Å². The summed E-state index contributed by atoms with van der Waals surface area (Å²) in [7, 11) is 1.91. The zero-order valence-corrected chi connectivity index (χ0v) is 12.3. The summed E-state index contributed by atoms with van der Waals surface area (Å²) in [5.74, 6) is 3.24. The van der Waals surface area contributed by atoms with Gasteiger partial charge in [-0.3, -0.25) is 9.48 Å². The van der Waals surface area contributed by atoms with Crippen LogP contribution >= 0.6 is 0 Å². The van der Waals surface area contributed by atoms with Crippen molar-refractivity contribution in [2.24, 2.45) is 30.2 Å². The Labute approximate surface area is 120 Å². The summed E-state index contributed by atoms with van der Waals surface area (Å²) >= 11 is 0. The molecule has 1 heterocycles. The molecular formula is C17H24N2O. The summed E-state index contributed by atoms with van der Waals surface area (Å²) in [6.07, 6.45) is 13.6. The van der Waals surface area contributed by atoms with Gasteiger partial charge in [0.1, 0.15) is 5.78 Å².